The summed E-state index contributed by atoms with van der Waals surface area (Å²) in [5, 5.41) is 0. The van der Waals surface area contributed by atoms with Gasteiger partial charge in [0.25, 0.3) is 0 Å². The van der Waals surface area contributed by atoms with Crippen molar-refractivity contribution in [2.45, 2.75) is 83.5 Å². The number of unbranched alkanes of at least 4 members (excludes halogenated alkanes) is 10. The van der Waals surface area contributed by atoms with Gasteiger partial charge in [0.1, 0.15) is 0 Å². The van der Waals surface area contributed by atoms with Crippen LogP contribution in [0, 0.1) is 0 Å². The van der Waals surface area contributed by atoms with Gasteiger partial charge in [-0.2, -0.15) is 0 Å². The van der Waals surface area contributed by atoms with E-state index in [1.54, 1.807) is 0 Å². The lowest BCUT2D eigenvalue weighted by Crippen LogP contribution is -1.84. The molecule has 0 aliphatic heterocycles. The summed E-state index contributed by atoms with van der Waals surface area (Å²) in [5.74, 6) is 0. The number of rotatable bonds is 16. The van der Waals surface area contributed by atoms with Gasteiger partial charge in [-0.3, -0.25) is 0 Å². The molecule has 0 rings (SSSR count). The van der Waals surface area contributed by atoms with Crippen LogP contribution < -0.4 is 0 Å². The van der Waals surface area contributed by atoms with Gasteiger partial charge in [0.2, 0.25) is 0 Å². The van der Waals surface area contributed by atoms with Gasteiger partial charge in [-0.25, -0.2) is 0 Å². The van der Waals surface area contributed by atoms with Crippen molar-refractivity contribution in [3.05, 3.63) is 49.6 Å². The zero-order chi connectivity index (χ0) is 15.8. The third-order valence-corrected chi connectivity index (χ3v) is 4.07. The Morgan fingerprint density at radius 2 is 0.714 bits per heavy atom. The van der Waals surface area contributed by atoms with Crippen molar-refractivity contribution in [1.82, 2.24) is 0 Å². The molecule has 0 fully saturated rings. The maximum Gasteiger partial charge on any atom is -0.0285 e. The predicted molar refractivity (Wildman–Crippen MR) is 98.7 cm³/mol. The van der Waals surface area contributed by atoms with Gasteiger partial charge in [0, 0.05) is 0 Å². The van der Waals surface area contributed by atoms with Crippen LogP contribution >= 0.6 is 0 Å². The summed E-state index contributed by atoms with van der Waals surface area (Å²) >= 11 is 0. The predicted octanol–water partition coefficient (Wildman–Crippen LogP) is 7.54. The summed E-state index contributed by atoms with van der Waals surface area (Å²) in [7, 11) is 0. The first-order chi connectivity index (χ1) is 10.2. The van der Waals surface area contributed by atoms with E-state index in [0.29, 0.717) is 0 Å². The molecule has 0 N–H and O–H groups in total. The van der Waals surface area contributed by atoms with Crippen LogP contribution in [0.15, 0.2) is 49.6 Å². The Hall–Kier alpha value is -1.04. The van der Waals surface area contributed by atoms with E-state index in [2.05, 4.69) is 26.3 Å². The molecule has 0 bridgehead atoms. The highest BCUT2D eigenvalue weighted by molar-refractivity contribution is 5.10. The SMILES string of the molecule is C=CC(=C)CCCCCCCCCCCCCC(=C)C=C. The molecule has 0 atom stereocenters. The smallest absolute Gasteiger partial charge is 0.0285 e. The van der Waals surface area contributed by atoms with Crippen molar-refractivity contribution in [3.8, 4) is 0 Å². The molecule has 0 aromatic rings. The number of hydrogen-bond donors (Lipinski definition) is 0. The average molecular weight is 289 g/mol. The lowest BCUT2D eigenvalue weighted by Gasteiger charge is -2.03. The molecule has 0 spiro atoms. The van der Waals surface area contributed by atoms with Crippen molar-refractivity contribution in [3.63, 3.8) is 0 Å². The zero-order valence-electron chi connectivity index (χ0n) is 14.2. The molecular weight excluding hydrogens is 252 g/mol. The summed E-state index contributed by atoms with van der Waals surface area (Å²) in [5.41, 5.74) is 2.37. The molecule has 120 valence electrons. The number of hydrogen-bond acceptors (Lipinski definition) is 0. The van der Waals surface area contributed by atoms with Crippen LogP contribution in [0.3, 0.4) is 0 Å². The van der Waals surface area contributed by atoms with Gasteiger partial charge in [-0.05, 0) is 25.7 Å². The molecule has 21 heavy (non-hydrogen) atoms. The van der Waals surface area contributed by atoms with Gasteiger partial charge >= 0.3 is 0 Å². The highest BCUT2D eigenvalue weighted by atomic mass is 14.0. The Morgan fingerprint density at radius 1 is 0.476 bits per heavy atom. The van der Waals surface area contributed by atoms with E-state index < -0.39 is 0 Å². The van der Waals surface area contributed by atoms with E-state index in [0.717, 1.165) is 12.8 Å². The third-order valence-electron chi connectivity index (χ3n) is 4.07. The molecule has 0 heterocycles. The summed E-state index contributed by atoms with van der Waals surface area (Å²) in [6, 6.07) is 0. The molecule has 0 radical (unpaired) electrons. The first-order valence-corrected chi connectivity index (χ1v) is 8.81. The highest BCUT2D eigenvalue weighted by Crippen LogP contribution is 2.14. The van der Waals surface area contributed by atoms with Crippen molar-refractivity contribution < 1.29 is 0 Å². The van der Waals surface area contributed by atoms with Gasteiger partial charge < -0.3 is 0 Å². The summed E-state index contributed by atoms with van der Waals surface area (Å²) in [4.78, 5) is 0. The average Bonchev–Trinajstić information content (AvgIpc) is 2.51. The fraction of sp³-hybridized carbons (Fsp3) is 0.619. The van der Waals surface area contributed by atoms with Crippen LogP contribution in [0.1, 0.15) is 83.5 Å². The van der Waals surface area contributed by atoms with Gasteiger partial charge in [0.05, 0.1) is 0 Å². The van der Waals surface area contributed by atoms with E-state index in [4.69, 9.17) is 0 Å². The van der Waals surface area contributed by atoms with Crippen LogP contribution in [0.25, 0.3) is 0 Å². The van der Waals surface area contributed by atoms with Crippen LogP contribution in [-0.4, -0.2) is 0 Å². The maximum atomic E-state index is 3.95. The minimum Gasteiger partial charge on any atom is -0.0988 e. The van der Waals surface area contributed by atoms with Crippen molar-refractivity contribution in [2.24, 2.45) is 0 Å². The molecule has 0 heteroatoms. The second-order valence-electron chi connectivity index (χ2n) is 6.11. The molecular formula is C21H36. The van der Waals surface area contributed by atoms with E-state index in [9.17, 15) is 0 Å². The first-order valence-electron chi connectivity index (χ1n) is 8.81. The third kappa shape index (κ3) is 15.2. The Kier molecular flexibility index (Phi) is 14.6. The quantitative estimate of drug-likeness (QED) is 0.203. The Bertz CT molecular complexity index is 265. The lowest BCUT2D eigenvalue weighted by atomic mass is 10.0. The zero-order valence-corrected chi connectivity index (χ0v) is 14.2. The molecule has 0 unspecified atom stereocenters. The summed E-state index contributed by atoms with van der Waals surface area (Å²) < 4.78 is 0. The molecule has 0 aliphatic carbocycles. The normalized spacial score (nSPS) is 10.3. The Labute approximate surface area is 133 Å². The topological polar surface area (TPSA) is 0 Å². The van der Waals surface area contributed by atoms with Gasteiger partial charge in [-0.1, -0.05) is 107 Å². The van der Waals surface area contributed by atoms with Crippen LogP contribution in [0.4, 0.5) is 0 Å². The molecule has 0 saturated carbocycles. The second kappa shape index (κ2) is 15.4. The van der Waals surface area contributed by atoms with E-state index in [1.807, 2.05) is 12.2 Å². The van der Waals surface area contributed by atoms with E-state index in [-0.39, 0.29) is 0 Å². The minimum absolute atomic E-state index is 1.13. The maximum absolute atomic E-state index is 3.95. The second-order valence-corrected chi connectivity index (χ2v) is 6.11. The monoisotopic (exact) mass is 288 g/mol. The first kappa shape index (κ1) is 20.0. The molecule has 0 aliphatic rings. The highest BCUT2D eigenvalue weighted by Gasteiger charge is 1.95. The minimum atomic E-state index is 1.13. The van der Waals surface area contributed by atoms with Crippen LogP contribution in [0.5, 0.6) is 0 Å². The molecule has 0 aromatic carbocycles. The largest absolute Gasteiger partial charge is 0.0988 e. The van der Waals surface area contributed by atoms with Gasteiger partial charge in [-0.15, -0.1) is 0 Å². The van der Waals surface area contributed by atoms with Crippen molar-refractivity contribution in [2.75, 3.05) is 0 Å². The fourth-order valence-corrected chi connectivity index (χ4v) is 2.50. The van der Waals surface area contributed by atoms with E-state index >= 15 is 0 Å². The van der Waals surface area contributed by atoms with Crippen LogP contribution in [0.2, 0.25) is 0 Å². The van der Waals surface area contributed by atoms with Crippen LogP contribution in [-0.2, 0) is 0 Å². The molecule has 0 nitrogen and oxygen atoms in total. The molecule has 0 aromatic heterocycles. The standard InChI is InChI=1S/C21H36/c1-5-20(3)18-16-14-12-10-8-7-9-11-13-15-17-19-21(4)6-2/h5-6H,1-4,7-19H2. The van der Waals surface area contributed by atoms with Crippen molar-refractivity contribution >= 4 is 0 Å². The van der Waals surface area contributed by atoms with Crippen molar-refractivity contribution in [1.29, 1.82) is 0 Å². The fourth-order valence-electron chi connectivity index (χ4n) is 2.50. The molecule has 0 amide bonds. The Morgan fingerprint density at radius 3 is 0.952 bits per heavy atom. The van der Waals surface area contributed by atoms with E-state index in [1.165, 1.54) is 81.8 Å². The summed E-state index contributed by atoms with van der Waals surface area (Å²) in [6.45, 7) is 15.4. The number of allylic oxidation sites excluding steroid dienone is 4. The molecule has 0 saturated heterocycles. The summed E-state index contributed by atoms with van der Waals surface area (Å²) in [6.07, 6.45) is 21.1. The Balaban J connectivity index is 3.09. The van der Waals surface area contributed by atoms with Gasteiger partial charge in [0.15, 0.2) is 0 Å². The lowest BCUT2D eigenvalue weighted by molar-refractivity contribution is 0.546.